The number of anilines is 1. The first-order valence-corrected chi connectivity index (χ1v) is 18.2. The zero-order valence-electron chi connectivity index (χ0n) is 29.3. The zero-order chi connectivity index (χ0) is 35.2. The fraction of sp³-hybridized carbons (Fsp3) is 0.541. The van der Waals surface area contributed by atoms with Crippen LogP contribution in [0, 0.1) is 37.5 Å². The van der Waals surface area contributed by atoms with Crippen molar-refractivity contribution in [2.24, 2.45) is 16.7 Å². The van der Waals surface area contributed by atoms with Crippen LogP contribution in [-0.4, -0.2) is 58.9 Å². The SMILES string of the molecule is Cc1cccc(C)c1-c1nc(NS(=O)(=O)c2cccc(C(=O)O)c2)nc(OC[C@@H](CC(C)(C)C)NC2CC3(C2)CC(C(C)(C)O)C3)c1C. The lowest BCUT2D eigenvalue weighted by atomic mass is 9.47. The molecule has 2 saturated carbocycles. The second-order valence-corrected chi connectivity index (χ2v) is 17.5. The molecule has 2 aliphatic carbocycles. The number of carbonyl (C=O) groups is 1. The van der Waals surface area contributed by atoms with Crippen molar-refractivity contribution in [2.45, 2.75) is 110 Å². The molecule has 0 radical (unpaired) electrons. The zero-order valence-corrected chi connectivity index (χ0v) is 30.2. The highest BCUT2D eigenvalue weighted by Gasteiger charge is 2.56. The highest BCUT2D eigenvalue weighted by atomic mass is 32.2. The van der Waals surface area contributed by atoms with Crippen LogP contribution in [0.1, 0.15) is 93.8 Å². The number of carboxylic acid groups (broad SMARTS) is 1. The molecule has 3 aromatic rings. The molecule has 1 spiro atoms. The first-order valence-electron chi connectivity index (χ1n) is 16.7. The molecule has 260 valence electrons. The van der Waals surface area contributed by atoms with Crippen molar-refractivity contribution >= 4 is 21.9 Å². The van der Waals surface area contributed by atoms with Gasteiger partial charge in [0.15, 0.2) is 0 Å². The molecule has 2 fully saturated rings. The number of aromatic nitrogens is 2. The third-order valence-electron chi connectivity index (χ3n) is 9.90. The van der Waals surface area contributed by atoms with Crippen LogP contribution in [0.2, 0.25) is 0 Å². The topological polar surface area (TPSA) is 151 Å². The van der Waals surface area contributed by atoms with Crippen LogP contribution < -0.4 is 14.8 Å². The van der Waals surface area contributed by atoms with Crippen LogP contribution >= 0.6 is 0 Å². The molecule has 1 heterocycles. The number of nitrogens with one attached hydrogen (secondary N) is 2. The van der Waals surface area contributed by atoms with E-state index in [9.17, 15) is 23.4 Å². The van der Waals surface area contributed by atoms with Gasteiger partial charge in [-0.2, -0.15) is 4.98 Å². The van der Waals surface area contributed by atoms with E-state index in [1.54, 1.807) is 0 Å². The number of aryl methyl sites for hydroxylation is 2. The van der Waals surface area contributed by atoms with Crippen molar-refractivity contribution in [3.05, 3.63) is 64.7 Å². The van der Waals surface area contributed by atoms with Crippen molar-refractivity contribution in [2.75, 3.05) is 11.3 Å². The number of rotatable bonds is 12. The Kier molecular flexibility index (Phi) is 9.73. The predicted octanol–water partition coefficient (Wildman–Crippen LogP) is 6.67. The largest absolute Gasteiger partial charge is 0.478 e. The number of aromatic carboxylic acids is 1. The van der Waals surface area contributed by atoms with Gasteiger partial charge in [0, 0.05) is 23.2 Å². The van der Waals surface area contributed by atoms with Gasteiger partial charge in [0.1, 0.15) is 6.61 Å². The maximum atomic E-state index is 13.4. The Morgan fingerprint density at radius 1 is 1.00 bits per heavy atom. The van der Waals surface area contributed by atoms with Gasteiger partial charge in [-0.3, -0.25) is 0 Å². The number of aliphatic hydroxyl groups is 1. The van der Waals surface area contributed by atoms with E-state index < -0.39 is 21.6 Å². The Bertz CT molecular complexity index is 1760. The van der Waals surface area contributed by atoms with Gasteiger partial charge in [-0.25, -0.2) is 22.9 Å². The van der Waals surface area contributed by atoms with Gasteiger partial charge in [-0.1, -0.05) is 45.0 Å². The number of sulfonamides is 1. The van der Waals surface area contributed by atoms with Gasteiger partial charge in [-0.05, 0) is 113 Å². The molecule has 2 aromatic carbocycles. The van der Waals surface area contributed by atoms with Crippen LogP contribution in [0.15, 0.2) is 47.4 Å². The quantitative estimate of drug-likeness (QED) is 0.165. The Morgan fingerprint density at radius 3 is 2.21 bits per heavy atom. The minimum atomic E-state index is -4.23. The highest BCUT2D eigenvalue weighted by molar-refractivity contribution is 7.92. The van der Waals surface area contributed by atoms with E-state index in [-0.39, 0.29) is 33.7 Å². The third-order valence-corrected chi connectivity index (χ3v) is 11.2. The van der Waals surface area contributed by atoms with Gasteiger partial charge in [0.25, 0.3) is 10.0 Å². The summed E-state index contributed by atoms with van der Waals surface area (Å²) in [5.41, 5.74) is 3.63. The molecule has 1 atom stereocenters. The molecule has 0 saturated heterocycles. The highest BCUT2D eigenvalue weighted by Crippen LogP contribution is 2.61. The molecule has 10 nitrogen and oxygen atoms in total. The summed E-state index contributed by atoms with van der Waals surface area (Å²) in [6, 6.07) is 11.5. The standard InChI is InChI=1S/C37H50N4O6S/c1-22-11-9-12-23(2)30(22)31-24(3)32(40-34(39-31)41-48(45,46)29-14-10-13-25(15-29)33(42)43)47-21-28(18-35(4,5)6)38-27-19-37(20-27)16-26(17-37)36(7,8)44/h9-15,26-28,38,44H,16-21H2,1-8H3,(H,42,43)(H,39,40,41)/t26?,27?,28-,37?/m1/s1. The van der Waals surface area contributed by atoms with E-state index in [1.165, 1.54) is 18.2 Å². The summed E-state index contributed by atoms with van der Waals surface area (Å²) in [5.74, 6) is -0.765. The first-order chi connectivity index (χ1) is 22.3. The van der Waals surface area contributed by atoms with E-state index in [2.05, 4.69) is 40.8 Å². The molecule has 48 heavy (non-hydrogen) atoms. The van der Waals surface area contributed by atoms with E-state index in [0.717, 1.165) is 54.9 Å². The molecular weight excluding hydrogens is 628 g/mol. The molecule has 4 N–H and O–H groups in total. The molecule has 0 unspecified atom stereocenters. The van der Waals surface area contributed by atoms with Crippen molar-refractivity contribution in [1.29, 1.82) is 0 Å². The second kappa shape index (κ2) is 13.1. The predicted molar refractivity (Wildman–Crippen MR) is 187 cm³/mol. The number of benzene rings is 2. The van der Waals surface area contributed by atoms with E-state index in [1.807, 2.05) is 52.8 Å². The van der Waals surface area contributed by atoms with Gasteiger partial charge in [-0.15, -0.1) is 0 Å². The van der Waals surface area contributed by atoms with E-state index in [4.69, 9.17) is 4.74 Å². The molecule has 11 heteroatoms. The molecule has 5 rings (SSSR count). The van der Waals surface area contributed by atoms with Crippen molar-refractivity contribution < 1.29 is 28.2 Å². The first kappa shape index (κ1) is 35.8. The summed E-state index contributed by atoms with van der Waals surface area (Å²) in [5, 5.41) is 23.7. The minimum Gasteiger partial charge on any atom is -0.478 e. The Morgan fingerprint density at radius 2 is 1.62 bits per heavy atom. The number of carboxylic acids is 1. The monoisotopic (exact) mass is 678 g/mol. The lowest BCUT2D eigenvalue weighted by Gasteiger charge is -2.61. The molecular formula is C37H50N4O6S. The summed E-state index contributed by atoms with van der Waals surface area (Å²) >= 11 is 0. The summed E-state index contributed by atoms with van der Waals surface area (Å²) in [4.78, 5) is 20.5. The van der Waals surface area contributed by atoms with Gasteiger partial charge in [0.2, 0.25) is 11.8 Å². The normalized spacial score (nSPS) is 21.7. The van der Waals surface area contributed by atoms with Crippen molar-refractivity contribution in [3.8, 4) is 17.1 Å². The summed E-state index contributed by atoms with van der Waals surface area (Å²) < 4.78 is 35.8. The van der Waals surface area contributed by atoms with Gasteiger partial charge >= 0.3 is 5.97 Å². The van der Waals surface area contributed by atoms with E-state index in [0.29, 0.717) is 35.2 Å². The summed E-state index contributed by atoms with van der Waals surface area (Å²) in [6.45, 7) is 16.6. The van der Waals surface area contributed by atoms with Crippen LogP contribution in [-0.2, 0) is 10.0 Å². The smallest absolute Gasteiger partial charge is 0.335 e. The second-order valence-electron chi connectivity index (χ2n) is 15.8. The van der Waals surface area contributed by atoms with Crippen molar-refractivity contribution in [1.82, 2.24) is 15.3 Å². The number of nitrogens with zero attached hydrogens (tertiary/aromatic N) is 2. The lowest BCUT2D eigenvalue weighted by molar-refractivity contribution is -0.130. The molecule has 2 aliphatic rings. The molecule has 0 amide bonds. The fourth-order valence-corrected chi connectivity index (χ4v) is 8.42. The molecule has 0 bridgehead atoms. The lowest BCUT2D eigenvalue weighted by Crippen LogP contribution is -2.60. The minimum absolute atomic E-state index is 0.0226. The molecule has 1 aromatic heterocycles. The maximum Gasteiger partial charge on any atom is 0.335 e. The molecule has 0 aliphatic heterocycles. The van der Waals surface area contributed by atoms with Crippen LogP contribution in [0.3, 0.4) is 0 Å². The Hall–Kier alpha value is -3.54. The third kappa shape index (κ3) is 8.01. The van der Waals surface area contributed by atoms with Crippen LogP contribution in [0.4, 0.5) is 5.95 Å². The van der Waals surface area contributed by atoms with Crippen molar-refractivity contribution in [3.63, 3.8) is 0 Å². The Labute approximate surface area is 284 Å². The number of ether oxygens (including phenoxy) is 1. The fourth-order valence-electron chi connectivity index (χ4n) is 7.43. The van der Waals surface area contributed by atoms with Crippen LogP contribution in [0.5, 0.6) is 5.88 Å². The summed E-state index contributed by atoms with van der Waals surface area (Å²) in [7, 11) is -4.23. The average molecular weight is 679 g/mol. The number of hydrogen-bond donors (Lipinski definition) is 4. The van der Waals surface area contributed by atoms with Crippen LogP contribution in [0.25, 0.3) is 11.3 Å². The van der Waals surface area contributed by atoms with Gasteiger partial charge in [0.05, 0.1) is 21.8 Å². The number of hydrogen-bond acceptors (Lipinski definition) is 8. The average Bonchev–Trinajstić information content (AvgIpc) is 2.92. The maximum absolute atomic E-state index is 13.4. The van der Waals surface area contributed by atoms with E-state index >= 15 is 0 Å². The van der Waals surface area contributed by atoms with Gasteiger partial charge < -0.3 is 20.3 Å². The Balaban J connectivity index is 1.41. The summed E-state index contributed by atoms with van der Waals surface area (Å²) in [6.07, 6.45) is 5.15.